The molecule has 1 N–H and O–H groups in total. The van der Waals surface area contributed by atoms with Crippen LogP contribution in [0.4, 0.5) is 26.0 Å². The van der Waals surface area contributed by atoms with Gasteiger partial charge in [0.05, 0.1) is 29.5 Å². The number of hydrogen-bond donors (Lipinski definition) is 1. The summed E-state index contributed by atoms with van der Waals surface area (Å²) >= 11 is 2.85. The molecule has 3 aromatic heterocycles. The lowest BCUT2D eigenvalue weighted by Gasteiger charge is -2.46. The summed E-state index contributed by atoms with van der Waals surface area (Å²) in [5.74, 6) is 5.36. The van der Waals surface area contributed by atoms with Gasteiger partial charge in [-0.25, -0.2) is 19.0 Å². The van der Waals surface area contributed by atoms with E-state index in [1.165, 1.54) is 27.8 Å². The number of aromatic carboxylic acids is 1. The molecule has 1 unspecified atom stereocenters. The molecule has 1 fully saturated rings. The Bertz CT molecular complexity index is 3520. The minimum Gasteiger partial charge on any atom is -0.491 e. The molecule has 464 valence electrons. The van der Waals surface area contributed by atoms with Crippen LogP contribution in [0.25, 0.3) is 10.2 Å². The molecule has 8 rings (SSSR count). The summed E-state index contributed by atoms with van der Waals surface area (Å²) in [4.78, 5) is 45.7. The Labute approximate surface area is 523 Å². The molecule has 1 aliphatic rings. The number of thiazole rings is 2. The fourth-order valence-electron chi connectivity index (χ4n) is 10.4. The Morgan fingerprint density at radius 2 is 1.53 bits per heavy atom. The highest BCUT2D eigenvalue weighted by Gasteiger charge is 2.51. The third-order valence-electron chi connectivity index (χ3n) is 14.9. The number of hydrogen-bond acceptors (Lipinski definition) is 15. The first-order valence-electron chi connectivity index (χ1n) is 30.0. The highest BCUT2D eigenvalue weighted by molar-refractivity contribution is 7.16. The maximum Gasteiger partial charge on any atom is 0.410 e. The van der Waals surface area contributed by atoms with Gasteiger partial charge >= 0.3 is 12.1 Å². The number of anilines is 2. The van der Waals surface area contributed by atoms with E-state index in [0.717, 1.165) is 26.6 Å². The number of carboxylic acid groups (broad SMARTS) is 1. The van der Waals surface area contributed by atoms with Gasteiger partial charge in [-0.3, -0.25) is 14.4 Å². The van der Waals surface area contributed by atoms with Crippen molar-refractivity contribution in [2.45, 2.75) is 123 Å². The third kappa shape index (κ3) is 18.0. The molecule has 1 amide bonds. The van der Waals surface area contributed by atoms with E-state index >= 15 is 4.39 Å². The van der Waals surface area contributed by atoms with Crippen LogP contribution in [0.15, 0.2) is 114 Å². The first kappa shape index (κ1) is 66.3. The summed E-state index contributed by atoms with van der Waals surface area (Å²) in [5.41, 5.74) is 1.66. The summed E-state index contributed by atoms with van der Waals surface area (Å²) in [5, 5.41) is 22.9. The maximum absolute atomic E-state index is 15.2. The summed E-state index contributed by atoms with van der Waals surface area (Å²) in [6.45, 7) is 26.5. The van der Waals surface area contributed by atoms with Gasteiger partial charge in [0, 0.05) is 64.4 Å². The Kier molecular flexibility index (Phi) is 22.6. The van der Waals surface area contributed by atoms with E-state index in [4.69, 9.17) is 38.8 Å². The van der Waals surface area contributed by atoms with Gasteiger partial charge in [0.2, 0.25) is 0 Å². The molecule has 0 aliphatic carbocycles. The zero-order chi connectivity index (χ0) is 62.5. The number of rotatable bonds is 25. The number of carbonyl (C=O) groups is 2. The quantitative estimate of drug-likeness (QED) is 0.0327. The molecule has 4 heterocycles. The molecular weight excluding hydrogens is 1170 g/mol. The summed E-state index contributed by atoms with van der Waals surface area (Å²) in [7, 11) is -0.566. The van der Waals surface area contributed by atoms with Gasteiger partial charge in [-0.2, -0.15) is 4.99 Å². The van der Waals surface area contributed by atoms with Crippen molar-refractivity contribution in [3.05, 3.63) is 142 Å². The minimum atomic E-state index is -3.09. The molecule has 0 radical (unpaired) electrons. The van der Waals surface area contributed by atoms with Gasteiger partial charge in [0.1, 0.15) is 12.3 Å². The molecule has 21 heteroatoms. The number of aromatic nitrogens is 4. The van der Waals surface area contributed by atoms with Crippen LogP contribution in [0, 0.1) is 24.6 Å². The molecule has 7 aromatic rings. The van der Waals surface area contributed by atoms with E-state index in [-0.39, 0.29) is 35.3 Å². The van der Waals surface area contributed by atoms with Crippen LogP contribution in [-0.2, 0) is 27.1 Å². The monoisotopic (exact) mass is 1260 g/mol. The van der Waals surface area contributed by atoms with Crippen molar-refractivity contribution in [2.75, 3.05) is 78.0 Å². The zero-order valence-corrected chi connectivity index (χ0v) is 56.3. The second kappa shape index (κ2) is 29.6. The third-order valence-corrected chi connectivity index (χ3v) is 23.9. The van der Waals surface area contributed by atoms with Crippen LogP contribution in [0.5, 0.6) is 5.75 Å². The van der Waals surface area contributed by atoms with Crippen molar-refractivity contribution in [3.63, 3.8) is 0 Å². The number of para-hydroxylation sites is 1. The molecule has 0 saturated carbocycles. The summed E-state index contributed by atoms with van der Waals surface area (Å²) in [6.07, 6.45) is 1.32. The van der Waals surface area contributed by atoms with Crippen LogP contribution in [-0.4, -0.2) is 153 Å². The number of fused-ring (bicyclic) bond motifs is 1. The largest absolute Gasteiger partial charge is 0.491 e. The number of piperazine rings is 1. The van der Waals surface area contributed by atoms with Crippen molar-refractivity contribution in [1.82, 2.24) is 34.4 Å². The highest BCUT2D eigenvalue weighted by Crippen LogP contribution is 2.39. The van der Waals surface area contributed by atoms with Crippen molar-refractivity contribution in [3.8, 4) is 17.6 Å². The number of ether oxygens (including phenoxy) is 3. The van der Waals surface area contributed by atoms with Crippen LogP contribution >= 0.6 is 22.7 Å². The average molecular weight is 1260 g/mol. The number of benzene rings is 4. The number of carbonyl (C=O) groups excluding carboxylic acids is 1. The SMILES string of the molecule is Cc1cc(N(CCCC(CN2CCN(C(=O)OC(C)(C)C)CC2)O[Si](c2ccccc2)(c2ccccc2)C(C)(C)C)c2nc(C(=O)O)c(CCCOc3ccc(C#CCN(C)C)cc3F)s2)nnc1N=c1sc2ccccc2n1COCC[Si](C)(C)C. The fourth-order valence-corrected chi connectivity index (χ4v) is 18.0. The molecule has 1 atom stereocenters. The number of amides is 1. The van der Waals surface area contributed by atoms with Crippen LogP contribution in [0.2, 0.25) is 30.7 Å². The van der Waals surface area contributed by atoms with Crippen molar-refractivity contribution in [1.29, 1.82) is 0 Å². The van der Waals surface area contributed by atoms with E-state index in [1.807, 2.05) is 81.9 Å². The molecule has 0 bridgehead atoms. The average Bonchev–Trinajstić information content (AvgIpc) is 1.55. The van der Waals surface area contributed by atoms with Gasteiger partial charge in [0.25, 0.3) is 8.32 Å². The Morgan fingerprint density at radius 1 is 0.851 bits per heavy atom. The first-order valence-corrected chi connectivity index (χ1v) is 37.2. The molecule has 4 aromatic carbocycles. The van der Waals surface area contributed by atoms with E-state index in [1.54, 1.807) is 28.4 Å². The van der Waals surface area contributed by atoms with E-state index in [2.05, 4.69) is 122 Å². The Hall–Kier alpha value is -6.62. The van der Waals surface area contributed by atoms with Crippen LogP contribution < -0.4 is 24.8 Å². The minimum absolute atomic E-state index is 0.0667. The molecule has 87 heavy (non-hydrogen) atoms. The van der Waals surface area contributed by atoms with E-state index < -0.39 is 33.8 Å². The molecule has 1 aliphatic heterocycles. The van der Waals surface area contributed by atoms with Crippen LogP contribution in [0.3, 0.4) is 0 Å². The Balaban J connectivity index is 1.12. The second-order valence-electron chi connectivity index (χ2n) is 25.6. The van der Waals surface area contributed by atoms with Crippen LogP contribution in [0.1, 0.15) is 87.3 Å². The van der Waals surface area contributed by atoms with Gasteiger partial charge in [-0.05, 0) is 131 Å². The number of aryl methyl sites for hydroxylation is 2. The topological polar surface area (TPSA) is 160 Å². The van der Waals surface area contributed by atoms with Crippen molar-refractivity contribution >= 4 is 88.5 Å². The van der Waals surface area contributed by atoms with Gasteiger partial charge in [0.15, 0.2) is 38.8 Å². The van der Waals surface area contributed by atoms with Gasteiger partial charge in [-0.15, -0.1) is 21.5 Å². The molecule has 1 saturated heterocycles. The smallest absolute Gasteiger partial charge is 0.410 e. The van der Waals surface area contributed by atoms with Gasteiger partial charge in [-0.1, -0.05) is 136 Å². The predicted octanol–water partition coefficient (Wildman–Crippen LogP) is 12.0. The van der Waals surface area contributed by atoms with Crippen molar-refractivity contribution in [2.24, 2.45) is 4.99 Å². The molecule has 16 nitrogen and oxygen atoms in total. The zero-order valence-electron chi connectivity index (χ0n) is 52.7. The lowest BCUT2D eigenvalue weighted by Crippen LogP contribution is -2.68. The molecular formula is C66H86FN9O7S2Si2. The molecule has 0 spiro atoms. The summed E-state index contributed by atoms with van der Waals surface area (Å²) < 4.78 is 44.3. The summed E-state index contributed by atoms with van der Waals surface area (Å²) in [6, 6.07) is 37.1. The lowest BCUT2D eigenvalue weighted by molar-refractivity contribution is 0.0105. The standard InChI is InChI=1S/C66H86FN9O7S2Si2/c1-48-44-58(70-71-60(48)69-63-76(47-80-42-43-86(10,11)12)54-30-19-20-31-56(54)84-63)75(62-68-59(61(77)78)57(85-62)32-23-41-81-55-34-33-49(45-53(55)67)24-21-35-72(8)9)36-22-25-50(46-73-37-39-74(40-38-73)64(79)82-65(2,3)4)83-87(66(5,6)7,51-26-15-13-16-27-51)52-28-17-14-18-29-52/h13-20,26-31,33-34,44-45,50H,22-23,25,32,35-43,46-47H2,1-12H3,(H,77,78). The number of halogens is 1. The highest BCUT2D eigenvalue weighted by atomic mass is 32.1. The Morgan fingerprint density at radius 3 is 2.15 bits per heavy atom. The normalized spacial score (nSPS) is 14.1. The predicted molar refractivity (Wildman–Crippen MR) is 354 cm³/mol. The fraction of sp³-hybridized carbons (Fsp3) is 0.455. The van der Waals surface area contributed by atoms with E-state index in [0.29, 0.717) is 112 Å². The first-order chi connectivity index (χ1) is 41.4. The van der Waals surface area contributed by atoms with E-state index in [9.17, 15) is 14.7 Å². The number of nitrogens with zero attached hydrogens (tertiary/aromatic N) is 9. The van der Waals surface area contributed by atoms with Gasteiger partial charge < -0.3 is 33.5 Å². The maximum atomic E-state index is 15.2. The number of carboxylic acids is 1. The second-order valence-corrected chi connectivity index (χ2v) is 37.6. The lowest BCUT2D eigenvalue weighted by atomic mass is 10.1. The van der Waals surface area contributed by atoms with Crippen molar-refractivity contribution < 1.29 is 37.7 Å².